The highest BCUT2D eigenvalue weighted by Crippen LogP contribution is 2.39. The molecule has 69 heavy (non-hydrogen) atoms. The Kier molecular flexibility index (Phi) is 17.7. The first kappa shape index (κ1) is 53.5. The first-order valence-electron chi connectivity index (χ1n) is 24.3. The number of halogens is 3. The van der Waals surface area contributed by atoms with Gasteiger partial charge >= 0.3 is 11.9 Å². The molecule has 4 aromatic carbocycles. The molecule has 2 heterocycles. The maximum absolute atomic E-state index is 13.9. The Balaban J connectivity index is 0.000000195. The van der Waals surface area contributed by atoms with Crippen molar-refractivity contribution in [3.05, 3.63) is 140 Å². The van der Waals surface area contributed by atoms with Gasteiger partial charge in [-0.2, -0.15) is 0 Å². The molecule has 2 aromatic heterocycles. The minimum atomic E-state index is -0.767. The Morgan fingerprint density at radius 3 is 1.54 bits per heavy atom. The number of fused-ring (bicyclic) bond motifs is 2. The van der Waals surface area contributed by atoms with Crippen molar-refractivity contribution in [2.75, 3.05) is 14.2 Å². The van der Waals surface area contributed by atoms with E-state index in [0.717, 1.165) is 35.6 Å². The molecule has 8 rings (SSSR count). The summed E-state index contributed by atoms with van der Waals surface area (Å²) in [4.78, 5) is 49.2. The van der Waals surface area contributed by atoms with Crippen LogP contribution in [0.4, 0.5) is 0 Å². The minimum absolute atomic E-state index is 0.0398. The average molecular weight is 997 g/mol. The van der Waals surface area contributed by atoms with E-state index in [2.05, 4.69) is 79.3 Å². The largest absolute Gasteiger partial charge is 0.469 e. The molecule has 0 radical (unpaired) electrons. The second kappa shape index (κ2) is 22.9. The van der Waals surface area contributed by atoms with E-state index in [0.29, 0.717) is 57.3 Å². The van der Waals surface area contributed by atoms with Crippen molar-refractivity contribution in [3.8, 4) is 0 Å². The molecule has 0 N–H and O–H groups in total. The van der Waals surface area contributed by atoms with Gasteiger partial charge in [-0.05, 0) is 172 Å². The zero-order chi connectivity index (χ0) is 50.4. The van der Waals surface area contributed by atoms with Crippen LogP contribution in [0.2, 0.25) is 10.0 Å². The molecule has 2 aliphatic carbocycles. The predicted molar refractivity (Wildman–Crippen MR) is 282 cm³/mol. The number of nitrogens with zero attached hydrogens (tertiary/aromatic N) is 2. The van der Waals surface area contributed by atoms with Gasteiger partial charge in [-0.3, -0.25) is 19.2 Å². The van der Waals surface area contributed by atoms with Crippen LogP contribution < -0.4 is 0 Å². The number of aromatic nitrogens is 2. The maximum Gasteiger partial charge on any atom is 0.311 e. The fourth-order valence-electron chi connectivity index (χ4n) is 9.24. The lowest BCUT2D eigenvalue weighted by molar-refractivity contribution is -0.151. The van der Waals surface area contributed by atoms with Crippen molar-refractivity contribution in [1.82, 2.24) is 9.13 Å². The Labute approximate surface area is 424 Å². The van der Waals surface area contributed by atoms with Crippen LogP contribution in [-0.2, 0) is 45.0 Å². The highest BCUT2D eigenvalue weighted by Gasteiger charge is 2.36. The number of ketones is 1. The van der Waals surface area contributed by atoms with Gasteiger partial charge in [0.2, 0.25) is 0 Å². The van der Waals surface area contributed by atoms with E-state index >= 15 is 0 Å². The predicted octanol–water partition coefficient (Wildman–Crippen LogP) is 15.2. The molecule has 0 atom stereocenters. The summed E-state index contributed by atoms with van der Waals surface area (Å²) in [5.74, 6) is 1.81. The number of carbonyl (C=O) groups is 4. The third-order valence-electron chi connectivity index (χ3n) is 14.0. The lowest BCUT2D eigenvalue weighted by Gasteiger charge is -2.29. The lowest BCUT2D eigenvalue weighted by Crippen LogP contribution is -2.30. The number of esters is 2. The molecule has 0 unspecified atom stereocenters. The van der Waals surface area contributed by atoms with Gasteiger partial charge in [0.15, 0.2) is 5.78 Å². The van der Waals surface area contributed by atoms with E-state index in [1.807, 2.05) is 27.7 Å². The summed E-state index contributed by atoms with van der Waals surface area (Å²) in [7, 11) is 2.89. The quantitative estimate of drug-likeness (QED) is 0.0578. The average Bonchev–Trinajstić information content (AvgIpc) is 3.77. The Bertz CT molecular complexity index is 2770. The number of hydrogen-bond acceptors (Lipinski definition) is 6. The second-order valence-electron chi connectivity index (χ2n) is 20.9. The van der Waals surface area contributed by atoms with E-state index in [9.17, 15) is 19.2 Å². The molecule has 0 aliphatic heterocycles. The summed E-state index contributed by atoms with van der Waals surface area (Å²) in [6.07, 6.45) is 8.77. The van der Waals surface area contributed by atoms with Gasteiger partial charge < -0.3 is 18.6 Å². The summed E-state index contributed by atoms with van der Waals surface area (Å²) in [5, 5.41) is 2.95. The van der Waals surface area contributed by atoms with Crippen LogP contribution in [0, 0.1) is 22.7 Å². The number of rotatable bonds is 15. The van der Waals surface area contributed by atoms with Crippen LogP contribution in [-0.4, -0.2) is 46.3 Å². The zero-order valence-corrected chi connectivity index (χ0v) is 44.3. The van der Waals surface area contributed by atoms with Crippen LogP contribution in [0.25, 0.3) is 21.8 Å². The van der Waals surface area contributed by atoms with Crippen LogP contribution in [0.15, 0.2) is 91.0 Å². The van der Waals surface area contributed by atoms with Crippen molar-refractivity contribution in [3.63, 3.8) is 0 Å². The molecule has 0 amide bonds. The molecule has 11 heteroatoms. The molecule has 0 saturated heterocycles. The monoisotopic (exact) mass is 994 g/mol. The zero-order valence-electron chi connectivity index (χ0n) is 42.0. The molecule has 2 fully saturated rings. The lowest BCUT2D eigenvalue weighted by atomic mass is 9.84. The topological polar surface area (TPSA) is 96.6 Å². The maximum atomic E-state index is 13.9. The molecular weight excluding hydrogens is 927 g/mol. The SMILES string of the molecule is COC(=O)C(C)(C)Cc1c(C(=O)c2ccc(Cl)cc2)c2ccc(C(C)C)cc2n1CC1CCC1.COC(=O)C(C)(C)Cc1cc2ccc(C(C)C)cc2n1CC1CCC1.O=C(Cl)c1ccc(Cl)cc1. The Morgan fingerprint density at radius 2 is 1.07 bits per heavy atom. The molecular formula is C58H69Cl3N2O6. The van der Waals surface area contributed by atoms with Crippen LogP contribution in [0.3, 0.4) is 0 Å². The standard InChI is InChI=1S/C29H34ClNO3.C22H31NO2.C7H4Cl2O/c1-18(2)21-11-14-23-24(15-21)31(17-19-7-6-8-19)25(16-29(3,4)28(33)34-5)26(23)27(32)20-9-12-22(30)13-10-20;1-15(2)17-9-10-18-11-19(13-22(3,4)21(24)25-5)23(20(18)12-17)14-16-7-6-8-16;8-6-3-1-5(2-4-6)7(9)10/h9-15,18-19H,6-8,16-17H2,1-5H3;9-12,15-16H,6-8,13-14H2,1-5H3;1-4H. The first-order chi connectivity index (χ1) is 32.6. The van der Waals surface area contributed by atoms with E-state index in [-0.39, 0.29) is 17.7 Å². The molecule has 8 nitrogen and oxygen atoms in total. The summed E-state index contributed by atoms with van der Waals surface area (Å²) < 4.78 is 14.9. The normalized spacial score (nSPS) is 14.1. The van der Waals surface area contributed by atoms with Gasteiger partial charge in [0.1, 0.15) is 0 Å². The van der Waals surface area contributed by atoms with Crippen LogP contribution in [0.1, 0.15) is 155 Å². The molecule has 368 valence electrons. The number of methoxy groups -OCH3 is 2. The molecule has 0 spiro atoms. The molecule has 6 aromatic rings. The van der Waals surface area contributed by atoms with E-state index < -0.39 is 16.1 Å². The Hall–Kier alpha value is -4.89. The van der Waals surface area contributed by atoms with Crippen molar-refractivity contribution in [1.29, 1.82) is 0 Å². The molecule has 2 aliphatic rings. The fourth-order valence-corrected chi connectivity index (χ4v) is 9.61. The first-order valence-corrected chi connectivity index (χ1v) is 25.5. The van der Waals surface area contributed by atoms with Gasteiger partial charge in [-0.25, -0.2) is 0 Å². The highest BCUT2D eigenvalue weighted by atomic mass is 35.5. The summed E-state index contributed by atoms with van der Waals surface area (Å²) in [6, 6.07) is 29.0. The fraction of sp³-hybridized carbons (Fsp3) is 0.448. The van der Waals surface area contributed by atoms with Gasteiger partial charge in [-0.1, -0.05) is 88.0 Å². The Morgan fingerprint density at radius 1 is 0.609 bits per heavy atom. The summed E-state index contributed by atoms with van der Waals surface area (Å²) >= 11 is 16.8. The van der Waals surface area contributed by atoms with Crippen LogP contribution in [0.5, 0.6) is 0 Å². The van der Waals surface area contributed by atoms with Crippen molar-refractivity contribution in [2.45, 2.75) is 132 Å². The van der Waals surface area contributed by atoms with Crippen molar-refractivity contribution in [2.24, 2.45) is 22.7 Å². The van der Waals surface area contributed by atoms with Crippen molar-refractivity contribution < 1.29 is 28.7 Å². The van der Waals surface area contributed by atoms with Gasteiger partial charge in [0.25, 0.3) is 5.24 Å². The molecule has 0 bridgehead atoms. The van der Waals surface area contributed by atoms with Gasteiger partial charge in [0, 0.05) is 74.9 Å². The number of carbonyl (C=O) groups excluding carboxylic acids is 4. The third kappa shape index (κ3) is 12.9. The van der Waals surface area contributed by atoms with Crippen LogP contribution >= 0.6 is 34.8 Å². The smallest absolute Gasteiger partial charge is 0.311 e. The van der Waals surface area contributed by atoms with Gasteiger partial charge in [-0.15, -0.1) is 0 Å². The minimum Gasteiger partial charge on any atom is -0.469 e. The highest BCUT2D eigenvalue weighted by molar-refractivity contribution is 6.67. The number of hydrogen-bond donors (Lipinski definition) is 0. The number of benzene rings is 4. The third-order valence-corrected chi connectivity index (χ3v) is 14.7. The summed E-state index contributed by atoms with van der Waals surface area (Å²) in [5.41, 5.74) is 7.63. The van der Waals surface area contributed by atoms with Crippen molar-refractivity contribution >= 4 is 79.6 Å². The number of ether oxygens (including phenoxy) is 2. The van der Waals surface area contributed by atoms with E-state index in [1.165, 1.54) is 80.5 Å². The summed E-state index contributed by atoms with van der Waals surface area (Å²) in [6.45, 7) is 18.5. The van der Waals surface area contributed by atoms with Gasteiger partial charge in [0.05, 0.1) is 30.6 Å². The second-order valence-corrected chi connectivity index (χ2v) is 22.1. The van der Waals surface area contributed by atoms with E-state index in [1.54, 1.807) is 48.5 Å². The van der Waals surface area contributed by atoms with E-state index in [4.69, 9.17) is 44.3 Å². The molecule has 2 saturated carbocycles.